The van der Waals surface area contributed by atoms with Gasteiger partial charge in [-0.2, -0.15) is 0 Å². The van der Waals surface area contributed by atoms with Crippen molar-refractivity contribution in [2.24, 2.45) is 4.99 Å². The smallest absolute Gasteiger partial charge is 0.199 e. The molecule has 1 aromatic rings. The number of benzene rings is 1. The number of guanidine groups is 1. The van der Waals surface area contributed by atoms with Crippen LogP contribution in [0.15, 0.2) is 29.3 Å². The minimum atomic E-state index is 0.796. The van der Waals surface area contributed by atoms with Gasteiger partial charge >= 0.3 is 0 Å². The lowest BCUT2D eigenvalue weighted by molar-refractivity contribution is 0.123. The van der Waals surface area contributed by atoms with Gasteiger partial charge in [0.15, 0.2) is 5.96 Å². The van der Waals surface area contributed by atoms with Crippen molar-refractivity contribution >= 4 is 17.3 Å². The molecule has 20 heavy (non-hydrogen) atoms. The zero-order chi connectivity index (χ0) is 13.8. The Morgan fingerprint density at radius 2 is 2.00 bits per heavy atom. The van der Waals surface area contributed by atoms with Crippen LogP contribution >= 0.6 is 0 Å². The topological polar surface area (TPSA) is 40.1 Å². The molecule has 2 heterocycles. The summed E-state index contributed by atoms with van der Waals surface area (Å²) in [5, 5.41) is 3.37. The fourth-order valence-corrected chi connectivity index (χ4v) is 2.68. The maximum absolute atomic E-state index is 5.43. The van der Waals surface area contributed by atoms with Crippen molar-refractivity contribution in [2.45, 2.75) is 6.92 Å². The van der Waals surface area contributed by atoms with E-state index in [0.717, 1.165) is 57.6 Å². The third-order valence-electron chi connectivity index (χ3n) is 3.81. The van der Waals surface area contributed by atoms with Crippen molar-refractivity contribution in [1.29, 1.82) is 0 Å². The van der Waals surface area contributed by atoms with Gasteiger partial charge in [-0.1, -0.05) is 12.1 Å². The van der Waals surface area contributed by atoms with Crippen LogP contribution in [0.4, 0.5) is 11.4 Å². The van der Waals surface area contributed by atoms with Gasteiger partial charge in [0.25, 0.3) is 0 Å². The Bertz CT molecular complexity index is 483. The second kappa shape index (κ2) is 6.13. The van der Waals surface area contributed by atoms with E-state index in [1.807, 2.05) is 0 Å². The Kier molecular flexibility index (Phi) is 4.06. The van der Waals surface area contributed by atoms with E-state index in [1.165, 1.54) is 5.69 Å². The summed E-state index contributed by atoms with van der Waals surface area (Å²) < 4.78 is 5.43. The SMILES string of the molecule is CCN1CCN/C1=N\c1ccccc1N1CCOCC1. The number of hydrogen-bond donors (Lipinski definition) is 1. The minimum Gasteiger partial charge on any atom is -0.378 e. The van der Waals surface area contributed by atoms with Crippen molar-refractivity contribution in [3.63, 3.8) is 0 Å². The minimum absolute atomic E-state index is 0.796. The van der Waals surface area contributed by atoms with E-state index < -0.39 is 0 Å². The molecule has 0 amide bonds. The number of likely N-dealkylation sites (N-methyl/N-ethyl adjacent to an activating group) is 1. The number of morpholine rings is 1. The number of anilines is 1. The second-order valence-electron chi connectivity index (χ2n) is 5.03. The molecule has 0 spiro atoms. The van der Waals surface area contributed by atoms with Gasteiger partial charge in [-0.25, -0.2) is 4.99 Å². The summed E-state index contributed by atoms with van der Waals surface area (Å²) >= 11 is 0. The van der Waals surface area contributed by atoms with Gasteiger partial charge in [-0.15, -0.1) is 0 Å². The third kappa shape index (κ3) is 2.72. The quantitative estimate of drug-likeness (QED) is 0.905. The zero-order valence-electron chi connectivity index (χ0n) is 12.0. The van der Waals surface area contributed by atoms with E-state index in [-0.39, 0.29) is 0 Å². The van der Waals surface area contributed by atoms with Gasteiger partial charge in [0, 0.05) is 32.7 Å². The van der Waals surface area contributed by atoms with E-state index in [2.05, 4.69) is 46.3 Å². The summed E-state index contributed by atoms with van der Waals surface area (Å²) in [6.07, 6.45) is 0. The highest BCUT2D eigenvalue weighted by atomic mass is 16.5. The molecule has 0 bridgehead atoms. The molecule has 0 saturated carbocycles. The van der Waals surface area contributed by atoms with Gasteiger partial charge in [-0.05, 0) is 19.1 Å². The van der Waals surface area contributed by atoms with Crippen LogP contribution in [0.1, 0.15) is 6.92 Å². The van der Waals surface area contributed by atoms with Crippen LogP contribution < -0.4 is 10.2 Å². The molecule has 0 atom stereocenters. The van der Waals surface area contributed by atoms with Crippen LogP contribution in [0.2, 0.25) is 0 Å². The average molecular weight is 274 g/mol. The van der Waals surface area contributed by atoms with Crippen molar-refractivity contribution in [1.82, 2.24) is 10.2 Å². The highest BCUT2D eigenvalue weighted by Gasteiger charge is 2.18. The first-order valence-electron chi connectivity index (χ1n) is 7.37. The molecule has 2 fully saturated rings. The van der Waals surface area contributed by atoms with E-state index in [4.69, 9.17) is 9.73 Å². The maximum atomic E-state index is 5.43. The fraction of sp³-hybridized carbons (Fsp3) is 0.533. The normalized spacial score (nSPS) is 21.4. The molecule has 5 nitrogen and oxygen atoms in total. The molecule has 0 unspecified atom stereocenters. The fourth-order valence-electron chi connectivity index (χ4n) is 2.68. The average Bonchev–Trinajstić information content (AvgIpc) is 2.96. The predicted octanol–water partition coefficient (Wildman–Crippen LogP) is 1.44. The third-order valence-corrected chi connectivity index (χ3v) is 3.81. The van der Waals surface area contributed by atoms with Gasteiger partial charge in [0.1, 0.15) is 0 Å². The van der Waals surface area contributed by atoms with Gasteiger partial charge in [0.05, 0.1) is 24.6 Å². The van der Waals surface area contributed by atoms with Crippen LogP contribution in [0.5, 0.6) is 0 Å². The Morgan fingerprint density at radius 3 is 2.80 bits per heavy atom. The highest BCUT2D eigenvalue weighted by Crippen LogP contribution is 2.29. The number of hydrogen-bond acceptors (Lipinski definition) is 3. The lowest BCUT2D eigenvalue weighted by Crippen LogP contribution is -2.36. The lowest BCUT2D eigenvalue weighted by Gasteiger charge is -2.29. The Labute approximate surface area is 120 Å². The first kappa shape index (κ1) is 13.2. The van der Waals surface area contributed by atoms with Crippen LogP contribution in [0, 0.1) is 0 Å². The largest absolute Gasteiger partial charge is 0.378 e. The van der Waals surface area contributed by atoms with Crippen LogP contribution in [0.3, 0.4) is 0 Å². The van der Waals surface area contributed by atoms with Crippen molar-refractivity contribution < 1.29 is 4.74 Å². The molecule has 108 valence electrons. The molecule has 1 aromatic carbocycles. The molecular formula is C15H22N4O. The first-order chi connectivity index (χ1) is 9.88. The van der Waals surface area contributed by atoms with Crippen LogP contribution in [-0.2, 0) is 4.74 Å². The molecule has 2 saturated heterocycles. The number of aliphatic imine (C=N–C) groups is 1. The number of nitrogens with one attached hydrogen (secondary N) is 1. The van der Waals surface area contributed by atoms with Crippen LogP contribution in [0.25, 0.3) is 0 Å². The lowest BCUT2D eigenvalue weighted by atomic mass is 10.2. The predicted molar refractivity (Wildman–Crippen MR) is 81.8 cm³/mol. The van der Waals surface area contributed by atoms with E-state index in [0.29, 0.717) is 0 Å². The summed E-state index contributed by atoms with van der Waals surface area (Å²) in [5.74, 6) is 0.994. The van der Waals surface area contributed by atoms with Gasteiger partial charge in [-0.3, -0.25) is 0 Å². The zero-order valence-corrected chi connectivity index (χ0v) is 12.0. The second-order valence-corrected chi connectivity index (χ2v) is 5.03. The Balaban J connectivity index is 1.87. The molecule has 5 heteroatoms. The monoisotopic (exact) mass is 274 g/mol. The first-order valence-corrected chi connectivity index (χ1v) is 7.37. The molecule has 1 N–H and O–H groups in total. The van der Waals surface area contributed by atoms with E-state index in [9.17, 15) is 0 Å². The van der Waals surface area contributed by atoms with E-state index >= 15 is 0 Å². The van der Waals surface area contributed by atoms with Crippen molar-refractivity contribution in [3.8, 4) is 0 Å². The molecule has 2 aliphatic heterocycles. The molecule has 0 aliphatic carbocycles. The number of rotatable bonds is 3. The van der Waals surface area contributed by atoms with Crippen molar-refractivity contribution in [3.05, 3.63) is 24.3 Å². The summed E-state index contributed by atoms with van der Waals surface area (Å²) in [5.41, 5.74) is 2.24. The van der Waals surface area contributed by atoms with Gasteiger partial charge in [0.2, 0.25) is 0 Å². The highest BCUT2D eigenvalue weighted by molar-refractivity contribution is 5.86. The summed E-state index contributed by atoms with van der Waals surface area (Å²) in [6, 6.07) is 8.37. The van der Waals surface area contributed by atoms with Gasteiger partial charge < -0.3 is 19.9 Å². The molecular weight excluding hydrogens is 252 g/mol. The number of para-hydroxylation sites is 2. The summed E-state index contributed by atoms with van der Waals surface area (Å²) in [6.45, 7) is 8.64. The summed E-state index contributed by atoms with van der Waals surface area (Å²) in [4.78, 5) is 9.46. The van der Waals surface area contributed by atoms with Crippen molar-refractivity contribution in [2.75, 3.05) is 50.8 Å². The Morgan fingerprint density at radius 1 is 1.20 bits per heavy atom. The number of ether oxygens (including phenoxy) is 1. The Hall–Kier alpha value is -1.75. The standard InChI is InChI=1S/C15H22N4O/c1-2-18-8-7-16-15(18)17-13-5-3-4-6-14(13)19-9-11-20-12-10-19/h3-6H,2,7-12H2,1H3,(H,16,17). The van der Waals surface area contributed by atoms with Crippen LogP contribution in [-0.4, -0.2) is 56.8 Å². The number of nitrogens with zero attached hydrogens (tertiary/aromatic N) is 3. The molecule has 2 aliphatic rings. The molecule has 0 aromatic heterocycles. The molecule has 0 radical (unpaired) electrons. The molecule has 3 rings (SSSR count). The van der Waals surface area contributed by atoms with E-state index in [1.54, 1.807) is 0 Å². The summed E-state index contributed by atoms with van der Waals surface area (Å²) in [7, 11) is 0. The maximum Gasteiger partial charge on any atom is 0.199 e.